The number of piperidine rings is 1. The smallest absolute Gasteiger partial charge is 0.367 e. The summed E-state index contributed by atoms with van der Waals surface area (Å²) in [5.74, 6) is -1.74. The van der Waals surface area contributed by atoms with E-state index in [9.17, 15) is 22.4 Å². The summed E-state index contributed by atoms with van der Waals surface area (Å²) in [7, 11) is 0. The molecular weight excluding hydrogens is 550 g/mol. The van der Waals surface area contributed by atoms with Gasteiger partial charge >= 0.3 is 6.18 Å². The van der Waals surface area contributed by atoms with Crippen LogP contribution in [0.1, 0.15) is 49.3 Å². The summed E-state index contributed by atoms with van der Waals surface area (Å²) in [5, 5.41) is 3.09. The molecular formula is C28H30BrF4N3O. The average Bonchev–Trinajstić information content (AvgIpc) is 3.63. The van der Waals surface area contributed by atoms with Crippen molar-refractivity contribution in [2.45, 2.75) is 62.2 Å². The number of nitrogens with zero attached hydrogens (tertiary/aromatic N) is 1. The third-order valence-corrected chi connectivity index (χ3v) is 7.95. The Bertz CT molecular complexity index is 1200. The van der Waals surface area contributed by atoms with Gasteiger partial charge in [0.05, 0.1) is 22.7 Å². The fraction of sp³-hybridized carbons (Fsp3) is 0.429. The van der Waals surface area contributed by atoms with Crippen LogP contribution < -0.4 is 11.1 Å². The van der Waals surface area contributed by atoms with Crippen LogP contribution in [0, 0.1) is 5.82 Å². The molecule has 2 aromatic carbocycles. The molecule has 37 heavy (non-hydrogen) atoms. The quantitative estimate of drug-likeness (QED) is 0.319. The Balaban J connectivity index is 1.62. The summed E-state index contributed by atoms with van der Waals surface area (Å²) >= 11 is 3.43. The number of benzene rings is 2. The van der Waals surface area contributed by atoms with Gasteiger partial charge < -0.3 is 16.0 Å². The number of hydrogen-bond donors (Lipinski definition) is 2. The van der Waals surface area contributed by atoms with Gasteiger partial charge in [-0.15, -0.1) is 5.73 Å². The van der Waals surface area contributed by atoms with Crippen molar-refractivity contribution in [2.24, 2.45) is 5.73 Å². The first-order valence-electron chi connectivity index (χ1n) is 12.2. The zero-order valence-corrected chi connectivity index (χ0v) is 22.2. The lowest BCUT2D eigenvalue weighted by atomic mass is 9.89. The van der Waals surface area contributed by atoms with E-state index in [1.54, 1.807) is 0 Å². The summed E-state index contributed by atoms with van der Waals surface area (Å²) in [6.07, 6.45) is -2.11. The number of rotatable bonds is 7. The normalized spacial score (nSPS) is 19.1. The van der Waals surface area contributed by atoms with Crippen LogP contribution in [0.4, 0.5) is 17.6 Å². The van der Waals surface area contributed by atoms with Crippen LogP contribution in [0.5, 0.6) is 0 Å². The topological polar surface area (TPSA) is 58.4 Å². The summed E-state index contributed by atoms with van der Waals surface area (Å²) in [6, 6.07) is 10.0. The number of nitrogens with two attached hydrogens (primary N) is 1. The molecule has 0 spiro atoms. The zero-order chi connectivity index (χ0) is 27.0. The molecule has 0 radical (unpaired) electrons. The standard InChI is InChI=1S/C28H30BrF4N3O/c1-3-24(36-14-12-26(2,34)13-15-36)23(16-18-4-7-20(29)8-5-18)35-25(37)27(10-11-27)19-6-9-22(30)21(17-19)28(31,32)33/h4-9,17,23H,1,10-16,34H2,2H3,(H,35,37)/t23-/m0/s1. The molecule has 1 aliphatic heterocycles. The van der Waals surface area contributed by atoms with Crippen molar-refractivity contribution in [3.63, 3.8) is 0 Å². The zero-order valence-electron chi connectivity index (χ0n) is 20.6. The van der Waals surface area contributed by atoms with E-state index in [1.807, 2.05) is 31.2 Å². The maximum absolute atomic E-state index is 13.9. The van der Waals surface area contributed by atoms with Gasteiger partial charge in [0.2, 0.25) is 5.91 Å². The summed E-state index contributed by atoms with van der Waals surface area (Å²) < 4.78 is 54.9. The number of carbonyl (C=O) groups excluding carboxylic acids is 1. The minimum atomic E-state index is -4.85. The highest BCUT2D eigenvalue weighted by Gasteiger charge is 2.53. The van der Waals surface area contributed by atoms with Gasteiger partial charge in [-0.2, -0.15) is 13.2 Å². The van der Waals surface area contributed by atoms with Crippen LogP contribution in [-0.4, -0.2) is 35.5 Å². The van der Waals surface area contributed by atoms with Crippen LogP contribution >= 0.6 is 15.9 Å². The van der Waals surface area contributed by atoms with E-state index in [0.717, 1.165) is 40.7 Å². The molecule has 2 fully saturated rings. The monoisotopic (exact) mass is 579 g/mol. The van der Waals surface area contributed by atoms with Crippen molar-refractivity contribution in [1.29, 1.82) is 0 Å². The molecule has 0 aromatic heterocycles. The van der Waals surface area contributed by atoms with Gasteiger partial charge in [0, 0.05) is 23.1 Å². The Hall–Kier alpha value is -2.61. The molecule has 4 nitrogen and oxygen atoms in total. The van der Waals surface area contributed by atoms with E-state index in [4.69, 9.17) is 5.73 Å². The molecule has 1 atom stereocenters. The molecule has 1 aliphatic carbocycles. The lowest BCUT2D eigenvalue weighted by molar-refractivity contribution is -0.140. The highest BCUT2D eigenvalue weighted by atomic mass is 79.9. The first-order chi connectivity index (χ1) is 17.3. The van der Waals surface area contributed by atoms with E-state index in [2.05, 4.69) is 38.5 Å². The number of halogens is 5. The first kappa shape index (κ1) is 27.4. The number of nitrogens with one attached hydrogen (secondary N) is 1. The van der Waals surface area contributed by atoms with Crippen LogP contribution in [0.2, 0.25) is 0 Å². The minimum absolute atomic E-state index is 0.169. The lowest BCUT2D eigenvalue weighted by Crippen LogP contribution is -2.52. The van der Waals surface area contributed by atoms with E-state index in [-0.39, 0.29) is 17.0 Å². The molecule has 198 valence electrons. The summed E-state index contributed by atoms with van der Waals surface area (Å²) in [6.45, 7) is 7.24. The second-order valence-electron chi connectivity index (χ2n) is 10.3. The van der Waals surface area contributed by atoms with Crippen LogP contribution in [0.15, 0.2) is 64.9 Å². The van der Waals surface area contributed by atoms with Gasteiger partial charge in [0.25, 0.3) is 0 Å². The number of alkyl halides is 3. The van der Waals surface area contributed by atoms with Crippen molar-refractivity contribution in [2.75, 3.05) is 13.1 Å². The molecule has 2 aromatic rings. The molecule has 0 bridgehead atoms. The second-order valence-corrected chi connectivity index (χ2v) is 11.2. The molecule has 1 heterocycles. The van der Waals surface area contributed by atoms with Crippen molar-refractivity contribution in [3.05, 3.63) is 87.5 Å². The second kappa shape index (κ2) is 10.3. The van der Waals surface area contributed by atoms with Crippen molar-refractivity contribution >= 4 is 21.8 Å². The number of amides is 1. The predicted octanol–water partition coefficient (Wildman–Crippen LogP) is 5.85. The number of hydrogen-bond acceptors (Lipinski definition) is 3. The highest BCUT2D eigenvalue weighted by Crippen LogP contribution is 2.50. The molecule has 1 saturated heterocycles. The van der Waals surface area contributed by atoms with Gasteiger partial charge in [-0.05, 0) is 74.4 Å². The van der Waals surface area contributed by atoms with Crippen LogP contribution in [0.3, 0.4) is 0 Å². The number of likely N-dealkylation sites (tertiary alicyclic amines) is 1. The lowest BCUT2D eigenvalue weighted by Gasteiger charge is -2.40. The Kier molecular flexibility index (Phi) is 7.62. The van der Waals surface area contributed by atoms with Crippen LogP contribution in [-0.2, 0) is 22.8 Å². The highest BCUT2D eigenvalue weighted by molar-refractivity contribution is 9.10. The third kappa shape index (κ3) is 6.11. The van der Waals surface area contributed by atoms with E-state index >= 15 is 0 Å². The van der Waals surface area contributed by atoms with Crippen LogP contribution in [0.25, 0.3) is 0 Å². The molecule has 3 N–H and O–H groups in total. The maximum Gasteiger partial charge on any atom is 0.419 e. The average molecular weight is 580 g/mol. The fourth-order valence-electron chi connectivity index (χ4n) is 4.89. The van der Waals surface area contributed by atoms with E-state index in [0.29, 0.717) is 32.4 Å². The number of carbonyl (C=O) groups is 1. The molecule has 1 amide bonds. The molecule has 0 unspecified atom stereocenters. The largest absolute Gasteiger partial charge is 0.419 e. The molecule has 4 rings (SSSR count). The van der Waals surface area contributed by atoms with E-state index in [1.165, 1.54) is 6.07 Å². The Morgan fingerprint density at radius 1 is 1.16 bits per heavy atom. The van der Waals surface area contributed by atoms with E-state index < -0.39 is 29.0 Å². The summed E-state index contributed by atoms with van der Waals surface area (Å²) in [4.78, 5) is 15.8. The Labute approximate surface area is 222 Å². The predicted molar refractivity (Wildman–Crippen MR) is 138 cm³/mol. The molecule has 1 saturated carbocycles. The van der Waals surface area contributed by atoms with Crippen molar-refractivity contribution < 1.29 is 22.4 Å². The summed E-state index contributed by atoms with van der Waals surface area (Å²) in [5.41, 5.74) is 8.41. The Morgan fingerprint density at radius 2 is 1.78 bits per heavy atom. The SMILES string of the molecule is C=C=C([C@H](Cc1ccc(Br)cc1)NC(=O)C1(c2ccc(F)c(C(F)(F)F)c2)CC1)N1CCC(C)(N)CC1. The molecule has 2 aliphatic rings. The van der Waals surface area contributed by atoms with Gasteiger partial charge in [0.15, 0.2) is 0 Å². The third-order valence-electron chi connectivity index (χ3n) is 7.42. The van der Waals surface area contributed by atoms with Gasteiger partial charge in [0.1, 0.15) is 5.82 Å². The van der Waals surface area contributed by atoms with Crippen molar-refractivity contribution in [1.82, 2.24) is 10.2 Å². The Morgan fingerprint density at radius 3 is 2.32 bits per heavy atom. The van der Waals surface area contributed by atoms with Gasteiger partial charge in [-0.25, -0.2) is 4.39 Å². The minimum Gasteiger partial charge on any atom is -0.367 e. The fourth-order valence-corrected chi connectivity index (χ4v) is 5.16. The maximum atomic E-state index is 13.9. The molecule has 9 heteroatoms. The van der Waals surface area contributed by atoms with Gasteiger partial charge in [-0.3, -0.25) is 4.79 Å². The first-order valence-corrected chi connectivity index (χ1v) is 13.0. The van der Waals surface area contributed by atoms with Crippen molar-refractivity contribution in [3.8, 4) is 0 Å². The van der Waals surface area contributed by atoms with Gasteiger partial charge in [-0.1, -0.05) is 40.7 Å².